The monoisotopic (exact) mass is 357 g/mol. The van der Waals surface area contributed by atoms with Crippen molar-refractivity contribution in [2.75, 3.05) is 20.3 Å². The molecule has 7 heteroatoms. The molecular weight excluding hydrogens is 342 g/mol. The van der Waals surface area contributed by atoms with Gasteiger partial charge in [-0.1, -0.05) is 15.9 Å². The zero-order chi connectivity index (χ0) is 15.6. The summed E-state index contributed by atoms with van der Waals surface area (Å²) in [7, 11) is 1.48. The fraction of sp³-hybridized carbons (Fsp3) is 0.429. The van der Waals surface area contributed by atoms with Gasteiger partial charge >= 0.3 is 5.97 Å². The second-order valence-electron chi connectivity index (χ2n) is 4.78. The van der Waals surface area contributed by atoms with Gasteiger partial charge in [-0.2, -0.15) is 0 Å². The van der Waals surface area contributed by atoms with Crippen molar-refractivity contribution in [3.05, 3.63) is 22.2 Å². The predicted octanol–water partition coefficient (Wildman–Crippen LogP) is 1.69. The summed E-state index contributed by atoms with van der Waals surface area (Å²) in [5.41, 5.74) is 0.730. The van der Waals surface area contributed by atoms with E-state index < -0.39 is 12.0 Å². The molecule has 2 rings (SSSR count). The molecule has 1 N–H and O–H groups in total. The highest BCUT2D eigenvalue weighted by molar-refractivity contribution is 9.10. The number of rotatable bonds is 4. The third-order valence-corrected chi connectivity index (χ3v) is 4.12. The molecular formula is C14H16BrNO5. The Morgan fingerprint density at radius 3 is 2.48 bits per heavy atom. The lowest BCUT2D eigenvalue weighted by molar-refractivity contribution is -0.148. The van der Waals surface area contributed by atoms with Gasteiger partial charge in [-0.05, 0) is 24.6 Å². The minimum absolute atomic E-state index is 0.0886. The van der Waals surface area contributed by atoms with E-state index in [1.807, 2.05) is 0 Å². The Kier molecular flexibility index (Phi) is 4.72. The molecule has 1 aromatic rings. The number of hydrogen-bond donors (Lipinski definition) is 1. The summed E-state index contributed by atoms with van der Waals surface area (Å²) in [6, 6.07) is 2.64. The van der Waals surface area contributed by atoms with Crippen LogP contribution in [0.2, 0.25) is 0 Å². The van der Waals surface area contributed by atoms with Gasteiger partial charge in [0.15, 0.2) is 11.5 Å². The van der Waals surface area contributed by atoms with Crippen LogP contribution in [0.4, 0.5) is 0 Å². The Morgan fingerprint density at radius 1 is 1.33 bits per heavy atom. The van der Waals surface area contributed by atoms with Crippen LogP contribution >= 0.6 is 15.9 Å². The highest BCUT2D eigenvalue weighted by Crippen LogP contribution is 2.35. The largest absolute Gasteiger partial charge is 0.486 e. The van der Waals surface area contributed by atoms with Gasteiger partial charge in [0.05, 0.1) is 6.42 Å². The highest BCUT2D eigenvalue weighted by atomic mass is 79.9. The number of aliphatic carboxylic acids is 1. The number of amides is 1. The zero-order valence-electron chi connectivity index (χ0n) is 11.8. The average molecular weight is 358 g/mol. The summed E-state index contributed by atoms with van der Waals surface area (Å²) in [5.74, 6) is -0.0767. The van der Waals surface area contributed by atoms with Crippen LogP contribution in [0.3, 0.4) is 0 Å². The van der Waals surface area contributed by atoms with Crippen molar-refractivity contribution in [2.24, 2.45) is 0 Å². The van der Waals surface area contributed by atoms with E-state index in [2.05, 4.69) is 15.9 Å². The van der Waals surface area contributed by atoms with Gasteiger partial charge in [-0.15, -0.1) is 0 Å². The van der Waals surface area contributed by atoms with Gasteiger partial charge in [0.1, 0.15) is 19.3 Å². The van der Waals surface area contributed by atoms with Crippen LogP contribution < -0.4 is 9.47 Å². The van der Waals surface area contributed by atoms with Gasteiger partial charge in [-0.25, -0.2) is 4.79 Å². The van der Waals surface area contributed by atoms with E-state index >= 15 is 0 Å². The van der Waals surface area contributed by atoms with Gasteiger partial charge in [-0.3, -0.25) is 4.79 Å². The van der Waals surface area contributed by atoms with Crippen molar-refractivity contribution in [2.45, 2.75) is 19.4 Å². The molecule has 114 valence electrons. The number of carboxylic acid groups (broad SMARTS) is 1. The quantitative estimate of drug-likeness (QED) is 0.887. The van der Waals surface area contributed by atoms with Crippen LogP contribution in [0.1, 0.15) is 12.5 Å². The Bertz CT molecular complexity index is 575. The number of carbonyl (C=O) groups is 2. The summed E-state index contributed by atoms with van der Waals surface area (Å²) in [6.45, 7) is 2.44. The minimum atomic E-state index is -1.04. The molecule has 1 aliphatic rings. The molecule has 1 heterocycles. The first-order chi connectivity index (χ1) is 9.90. The first-order valence-electron chi connectivity index (χ1n) is 6.46. The third-order valence-electron chi connectivity index (χ3n) is 3.38. The standard InChI is InChI=1S/C14H16BrNO5/c1-8(14(18)19)16(2)13(17)6-9-5-11-12(7-10(9)15)21-4-3-20-11/h5,7-8H,3-4,6H2,1-2H3,(H,18,19). The molecule has 1 unspecified atom stereocenters. The number of carboxylic acids is 1. The number of nitrogens with zero attached hydrogens (tertiary/aromatic N) is 1. The van der Waals surface area contributed by atoms with Crippen molar-refractivity contribution in [1.29, 1.82) is 0 Å². The maximum Gasteiger partial charge on any atom is 0.326 e. The average Bonchev–Trinajstić information content (AvgIpc) is 2.46. The molecule has 0 radical (unpaired) electrons. The Morgan fingerprint density at radius 2 is 1.90 bits per heavy atom. The first kappa shape index (κ1) is 15.6. The van der Waals surface area contributed by atoms with E-state index in [1.165, 1.54) is 18.9 Å². The summed E-state index contributed by atoms with van der Waals surface area (Å²) in [6.07, 6.45) is 0.0886. The van der Waals surface area contributed by atoms with Crippen molar-refractivity contribution >= 4 is 27.8 Å². The molecule has 1 amide bonds. The third kappa shape index (κ3) is 3.47. The molecule has 1 aliphatic heterocycles. The second kappa shape index (κ2) is 6.34. The number of likely N-dealkylation sites (N-methyl/N-ethyl adjacent to an activating group) is 1. The number of halogens is 1. The Hall–Kier alpha value is -1.76. The Balaban J connectivity index is 2.16. The van der Waals surface area contributed by atoms with Gasteiger partial charge in [0, 0.05) is 11.5 Å². The maximum absolute atomic E-state index is 12.1. The molecule has 0 aromatic heterocycles. The van der Waals surface area contributed by atoms with Crippen molar-refractivity contribution in [3.63, 3.8) is 0 Å². The molecule has 0 bridgehead atoms. The van der Waals surface area contributed by atoms with Crippen LogP contribution in [0.25, 0.3) is 0 Å². The normalized spacial score (nSPS) is 14.4. The number of ether oxygens (including phenoxy) is 2. The molecule has 0 spiro atoms. The molecule has 0 saturated heterocycles. The van der Waals surface area contributed by atoms with Gasteiger partial charge in [0.25, 0.3) is 0 Å². The van der Waals surface area contributed by atoms with E-state index in [1.54, 1.807) is 12.1 Å². The molecule has 0 saturated carbocycles. The van der Waals surface area contributed by atoms with Crippen molar-refractivity contribution in [3.8, 4) is 11.5 Å². The molecule has 1 aromatic carbocycles. The molecule has 0 aliphatic carbocycles. The van der Waals surface area contributed by atoms with E-state index in [0.29, 0.717) is 24.7 Å². The van der Waals surface area contributed by atoms with Crippen LogP contribution in [0.15, 0.2) is 16.6 Å². The summed E-state index contributed by atoms with van der Waals surface area (Å²) < 4.78 is 11.7. The smallest absolute Gasteiger partial charge is 0.326 e. The molecule has 1 atom stereocenters. The summed E-state index contributed by atoms with van der Waals surface area (Å²) in [4.78, 5) is 24.3. The molecule has 0 fully saturated rings. The van der Waals surface area contributed by atoms with Crippen LogP contribution in [-0.4, -0.2) is 48.2 Å². The maximum atomic E-state index is 12.1. The van der Waals surface area contributed by atoms with Crippen LogP contribution in [0, 0.1) is 0 Å². The fourth-order valence-corrected chi connectivity index (χ4v) is 2.37. The topological polar surface area (TPSA) is 76.1 Å². The number of carbonyl (C=O) groups excluding carboxylic acids is 1. The van der Waals surface area contributed by atoms with E-state index in [0.717, 1.165) is 10.0 Å². The van der Waals surface area contributed by atoms with Crippen molar-refractivity contribution in [1.82, 2.24) is 4.90 Å². The minimum Gasteiger partial charge on any atom is -0.486 e. The summed E-state index contributed by atoms with van der Waals surface area (Å²) >= 11 is 3.40. The highest BCUT2D eigenvalue weighted by Gasteiger charge is 2.23. The SMILES string of the molecule is CC(C(=O)O)N(C)C(=O)Cc1cc2c(cc1Br)OCCO2. The zero-order valence-corrected chi connectivity index (χ0v) is 13.3. The first-order valence-corrected chi connectivity index (χ1v) is 7.26. The lowest BCUT2D eigenvalue weighted by Crippen LogP contribution is -2.41. The lowest BCUT2D eigenvalue weighted by atomic mass is 10.1. The van der Waals surface area contributed by atoms with Gasteiger partial charge in [0.2, 0.25) is 5.91 Å². The number of fused-ring (bicyclic) bond motifs is 1. The van der Waals surface area contributed by atoms with E-state index in [9.17, 15) is 9.59 Å². The fourth-order valence-electron chi connectivity index (χ4n) is 1.91. The lowest BCUT2D eigenvalue weighted by Gasteiger charge is -2.23. The molecule has 21 heavy (non-hydrogen) atoms. The molecule has 6 nitrogen and oxygen atoms in total. The second-order valence-corrected chi connectivity index (χ2v) is 5.64. The van der Waals surface area contributed by atoms with E-state index in [4.69, 9.17) is 14.6 Å². The predicted molar refractivity (Wildman–Crippen MR) is 78.7 cm³/mol. The van der Waals surface area contributed by atoms with Crippen LogP contribution in [0.5, 0.6) is 11.5 Å². The van der Waals surface area contributed by atoms with E-state index in [-0.39, 0.29) is 12.3 Å². The summed E-state index contributed by atoms with van der Waals surface area (Å²) in [5, 5.41) is 8.94. The van der Waals surface area contributed by atoms with Crippen molar-refractivity contribution < 1.29 is 24.2 Å². The van der Waals surface area contributed by atoms with Crippen LogP contribution in [-0.2, 0) is 16.0 Å². The van der Waals surface area contributed by atoms with Gasteiger partial charge < -0.3 is 19.5 Å². The number of hydrogen-bond acceptors (Lipinski definition) is 4. The Labute approximate surface area is 130 Å². The number of benzene rings is 1.